The Bertz CT molecular complexity index is 854. The standard InChI is InChI=1S/C24H34N4O3.ClH/c1-2-3-6-19(15-8-10-16(25)11-9-15)26-20-7-4-5-17-18(20)14-28(24(17)31)21-12-13-22(29)27-23(21)30;/h4-5,7,15-16,19,21,26H,2-3,6,8-14,25H2,1H3,(H,27,29,30);1H/t15?,16?,19-,21-;/m1./s1. The van der Waals surface area contributed by atoms with E-state index >= 15 is 0 Å². The van der Waals surface area contributed by atoms with Crippen LogP contribution in [-0.2, 0) is 16.1 Å². The topological polar surface area (TPSA) is 105 Å². The number of hydrogen-bond donors (Lipinski definition) is 3. The predicted molar refractivity (Wildman–Crippen MR) is 127 cm³/mol. The molecule has 0 unspecified atom stereocenters. The molecule has 1 aliphatic carbocycles. The molecule has 2 heterocycles. The van der Waals surface area contributed by atoms with Gasteiger partial charge in [0.2, 0.25) is 11.8 Å². The Morgan fingerprint density at radius 1 is 1.16 bits per heavy atom. The Morgan fingerprint density at radius 3 is 2.59 bits per heavy atom. The molecule has 4 N–H and O–H groups in total. The van der Waals surface area contributed by atoms with Crippen LogP contribution in [0.3, 0.4) is 0 Å². The molecule has 8 heteroatoms. The summed E-state index contributed by atoms with van der Waals surface area (Å²) in [6.45, 7) is 2.62. The number of rotatable bonds is 7. The second-order valence-electron chi connectivity index (χ2n) is 9.30. The zero-order valence-corrected chi connectivity index (χ0v) is 19.6. The number of benzene rings is 1. The van der Waals surface area contributed by atoms with Gasteiger partial charge in [0, 0.05) is 41.9 Å². The van der Waals surface area contributed by atoms with Crippen LogP contribution < -0.4 is 16.4 Å². The molecule has 0 radical (unpaired) electrons. The van der Waals surface area contributed by atoms with Crippen molar-refractivity contribution in [2.75, 3.05) is 5.32 Å². The van der Waals surface area contributed by atoms with Gasteiger partial charge in [-0.2, -0.15) is 0 Å². The SMILES string of the molecule is CCCC[C@@H](Nc1cccc2c1CN([C@@H]1CCC(=O)NC1=O)C2=O)C1CCC(N)CC1.Cl. The number of nitrogens with one attached hydrogen (secondary N) is 2. The molecule has 176 valence electrons. The van der Waals surface area contributed by atoms with E-state index in [1.807, 2.05) is 18.2 Å². The normalized spacial score (nSPS) is 26.2. The van der Waals surface area contributed by atoms with Crippen molar-refractivity contribution >= 4 is 35.8 Å². The predicted octanol–water partition coefficient (Wildman–Crippen LogP) is 3.36. The quantitative estimate of drug-likeness (QED) is 0.539. The lowest BCUT2D eigenvalue weighted by Crippen LogP contribution is -2.52. The Labute approximate surface area is 196 Å². The first-order chi connectivity index (χ1) is 15.0. The lowest BCUT2D eigenvalue weighted by Gasteiger charge is -2.34. The molecule has 32 heavy (non-hydrogen) atoms. The first kappa shape index (κ1) is 24.5. The molecular weight excluding hydrogens is 428 g/mol. The van der Waals surface area contributed by atoms with Crippen molar-refractivity contribution < 1.29 is 14.4 Å². The van der Waals surface area contributed by atoms with Crippen LogP contribution in [0.4, 0.5) is 5.69 Å². The van der Waals surface area contributed by atoms with Gasteiger partial charge < -0.3 is 16.0 Å². The third kappa shape index (κ3) is 5.09. The number of carbonyl (C=O) groups is 3. The molecule has 0 bridgehead atoms. The van der Waals surface area contributed by atoms with Crippen LogP contribution in [0.5, 0.6) is 0 Å². The zero-order valence-electron chi connectivity index (χ0n) is 18.8. The molecule has 1 aromatic rings. The van der Waals surface area contributed by atoms with E-state index in [1.165, 1.54) is 0 Å². The van der Waals surface area contributed by atoms with Gasteiger partial charge in [-0.05, 0) is 56.6 Å². The van der Waals surface area contributed by atoms with Crippen molar-refractivity contribution in [2.45, 2.75) is 89.4 Å². The maximum absolute atomic E-state index is 13.1. The van der Waals surface area contributed by atoms with Crippen molar-refractivity contribution in [3.63, 3.8) is 0 Å². The van der Waals surface area contributed by atoms with E-state index in [-0.39, 0.29) is 36.5 Å². The van der Waals surface area contributed by atoms with Gasteiger partial charge in [-0.3, -0.25) is 19.7 Å². The van der Waals surface area contributed by atoms with Gasteiger partial charge in [0.1, 0.15) is 6.04 Å². The van der Waals surface area contributed by atoms with Gasteiger partial charge >= 0.3 is 0 Å². The number of halogens is 1. The minimum atomic E-state index is -0.582. The molecule has 1 saturated heterocycles. The summed E-state index contributed by atoms with van der Waals surface area (Å²) in [5.41, 5.74) is 8.75. The summed E-state index contributed by atoms with van der Waals surface area (Å²) >= 11 is 0. The van der Waals surface area contributed by atoms with Crippen molar-refractivity contribution in [1.29, 1.82) is 0 Å². The minimum Gasteiger partial charge on any atom is -0.382 e. The van der Waals surface area contributed by atoms with Gasteiger partial charge in [-0.15, -0.1) is 12.4 Å². The highest BCUT2D eigenvalue weighted by atomic mass is 35.5. The Kier molecular flexibility index (Phi) is 8.17. The number of hydrogen-bond acceptors (Lipinski definition) is 5. The highest BCUT2D eigenvalue weighted by molar-refractivity contribution is 6.06. The molecule has 3 amide bonds. The number of fused-ring (bicyclic) bond motifs is 1. The molecular formula is C24H35ClN4O3. The summed E-state index contributed by atoms with van der Waals surface area (Å²) in [6.07, 6.45) is 8.49. The zero-order chi connectivity index (χ0) is 22.0. The van der Waals surface area contributed by atoms with Crippen LogP contribution in [-0.4, -0.2) is 40.7 Å². The smallest absolute Gasteiger partial charge is 0.255 e. The first-order valence-corrected chi connectivity index (χ1v) is 11.8. The summed E-state index contributed by atoms with van der Waals surface area (Å²) in [5, 5.41) is 6.16. The Morgan fingerprint density at radius 2 is 1.91 bits per heavy atom. The number of nitrogens with zero attached hydrogens (tertiary/aromatic N) is 1. The summed E-state index contributed by atoms with van der Waals surface area (Å²) in [7, 11) is 0. The van der Waals surface area contributed by atoms with Crippen LogP contribution in [0.15, 0.2) is 18.2 Å². The fourth-order valence-corrected chi connectivity index (χ4v) is 5.32. The monoisotopic (exact) mass is 462 g/mol. The third-order valence-electron chi connectivity index (χ3n) is 7.18. The average Bonchev–Trinajstić information content (AvgIpc) is 3.09. The van der Waals surface area contributed by atoms with Gasteiger partial charge in [0.05, 0.1) is 0 Å². The fraction of sp³-hybridized carbons (Fsp3) is 0.625. The molecule has 2 fully saturated rings. The van der Waals surface area contributed by atoms with Crippen molar-refractivity contribution in [3.8, 4) is 0 Å². The minimum absolute atomic E-state index is 0. The molecule has 0 aromatic heterocycles. The summed E-state index contributed by atoms with van der Waals surface area (Å²) in [6, 6.07) is 5.91. The van der Waals surface area contributed by atoms with E-state index < -0.39 is 6.04 Å². The molecule has 3 aliphatic rings. The Hall–Kier alpha value is -2.12. The molecule has 2 atom stereocenters. The van der Waals surface area contributed by atoms with E-state index in [4.69, 9.17) is 5.73 Å². The molecule has 1 aromatic carbocycles. The van der Waals surface area contributed by atoms with Crippen LogP contribution >= 0.6 is 12.4 Å². The highest BCUT2D eigenvalue weighted by Crippen LogP contribution is 2.35. The molecule has 4 rings (SSSR count). The number of unbranched alkanes of at least 4 members (excludes halogenated alkanes) is 1. The highest BCUT2D eigenvalue weighted by Gasteiger charge is 2.40. The summed E-state index contributed by atoms with van der Waals surface area (Å²) in [4.78, 5) is 38.6. The van der Waals surface area contributed by atoms with E-state index in [1.54, 1.807) is 4.90 Å². The maximum Gasteiger partial charge on any atom is 0.255 e. The van der Waals surface area contributed by atoms with Crippen LogP contribution in [0.25, 0.3) is 0 Å². The van der Waals surface area contributed by atoms with Gasteiger partial charge in [-0.25, -0.2) is 0 Å². The van der Waals surface area contributed by atoms with Crippen molar-refractivity contribution in [2.24, 2.45) is 11.7 Å². The largest absolute Gasteiger partial charge is 0.382 e. The molecule has 2 aliphatic heterocycles. The Balaban J connectivity index is 0.00000289. The van der Waals surface area contributed by atoms with Crippen LogP contribution in [0, 0.1) is 5.92 Å². The third-order valence-corrected chi connectivity index (χ3v) is 7.18. The van der Waals surface area contributed by atoms with Crippen LogP contribution in [0.2, 0.25) is 0 Å². The number of piperidine rings is 1. The fourth-order valence-electron chi connectivity index (χ4n) is 5.32. The van der Waals surface area contributed by atoms with Crippen molar-refractivity contribution in [1.82, 2.24) is 10.2 Å². The maximum atomic E-state index is 13.1. The molecule has 7 nitrogen and oxygen atoms in total. The van der Waals surface area contributed by atoms with E-state index in [0.717, 1.165) is 56.2 Å². The number of amides is 3. The molecule has 1 saturated carbocycles. The number of nitrogens with two attached hydrogens (primary N) is 1. The van der Waals surface area contributed by atoms with E-state index in [9.17, 15) is 14.4 Å². The average molecular weight is 463 g/mol. The lowest BCUT2D eigenvalue weighted by atomic mass is 9.80. The lowest BCUT2D eigenvalue weighted by molar-refractivity contribution is -0.136. The summed E-state index contributed by atoms with van der Waals surface area (Å²) in [5.74, 6) is -0.169. The number of carbonyl (C=O) groups excluding carboxylic acids is 3. The van der Waals surface area contributed by atoms with Gasteiger partial charge in [-0.1, -0.05) is 25.8 Å². The van der Waals surface area contributed by atoms with Gasteiger partial charge in [0.15, 0.2) is 0 Å². The van der Waals surface area contributed by atoms with Gasteiger partial charge in [0.25, 0.3) is 5.91 Å². The first-order valence-electron chi connectivity index (χ1n) is 11.8. The van der Waals surface area contributed by atoms with Crippen molar-refractivity contribution in [3.05, 3.63) is 29.3 Å². The van der Waals surface area contributed by atoms with E-state index in [0.29, 0.717) is 36.5 Å². The van der Waals surface area contributed by atoms with Crippen LogP contribution in [0.1, 0.15) is 80.6 Å². The number of anilines is 1. The second kappa shape index (κ2) is 10.7. The summed E-state index contributed by atoms with van der Waals surface area (Å²) < 4.78 is 0. The second-order valence-corrected chi connectivity index (χ2v) is 9.30. The molecule has 0 spiro atoms. The number of imide groups is 1. The van der Waals surface area contributed by atoms with E-state index in [2.05, 4.69) is 17.6 Å².